The van der Waals surface area contributed by atoms with E-state index in [4.69, 9.17) is 0 Å². The quantitative estimate of drug-likeness (QED) is 0.463. The summed E-state index contributed by atoms with van der Waals surface area (Å²) in [6, 6.07) is 19.4. The fourth-order valence-electron chi connectivity index (χ4n) is 4.71. The van der Waals surface area contributed by atoms with E-state index in [1.54, 1.807) is 11.3 Å². The number of carbonyl (C=O) groups is 2. The van der Waals surface area contributed by atoms with Gasteiger partial charge in [-0.3, -0.25) is 9.59 Å². The van der Waals surface area contributed by atoms with E-state index >= 15 is 0 Å². The zero-order chi connectivity index (χ0) is 22.8. The molecule has 2 aromatic carbocycles. The van der Waals surface area contributed by atoms with Crippen LogP contribution in [0, 0.1) is 12.8 Å². The number of hydrogen-bond donors (Lipinski definition) is 0. The fourth-order valence-corrected chi connectivity index (χ4v) is 5.58. The van der Waals surface area contributed by atoms with Crippen molar-refractivity contribution in [2.24, 2.45) is 5.92 Å². The van der Waals surface area contributed by atoms with Crippen molar-refractivity contribution in [2.45, 2.75) is 39.7 Å². The van der Waals surface area contributed by atoms with E-state index in [9.17, 15) is 9.59 Å². The number of fused-ring (bicyclic) bond motifs is 1. The summed E-state index contributed by atoms with van der Waals surface area (Å²) in [6.45, 7) is 9.44. The monoisotopic (exact) mass is 446 g/mol. The topological polar surface area (TPSA) is 40.6 Å². The molecule has 1 aliphatic rings. The predicted octanol–water partition coefficient (Wildman–Crippen LogP) is 6.05. The Morgan fingerprint density at radius 3 is 2.44 bits per heavy atom. The zero-order valence-electron chi connectivity index (χ0n) is 19.1. The molecular weight excluding hydrogens is 416 g/mol. The molecule has 0 spiro atoms. The second-order valence-corrected chi connectivity index (χ2v) is 9.72. The summed E-state index contributed by atoms with van der Waals surface area (Å²) < 4.78 is 0. The van der Waals surface area contributed by atoms with Crippen LogP contribution in [0.3, 0.4) is 0 Å². The molecule has 5 heteroatoms. The predicted molar refractivity (Wildman–Crippen MR) is 131 cm³/mol. The zero-order valence-corrected chi connectivity index (χ0v) is 19.9. The summed E-state index contributed by atoms with van der Waals surface area (Å²) >= 11 is 1.61. The first kappa shape index (κ1) is 22.3. The van der Waals surface area contributed by atoms with Crippen LogP contribution in [0.1, 0.15) is 59.1 Å². The van der Waals surface area contributed by atoms with Gasteiger partial charge in [0, 0.05) is 29.2 Å². The van der Waals surface area contributed by atoms with E-state index < -0.39 is 5.92 Å². The molecule has 1 aliphatic heterocycles. The van der Waals surface area contributed by atoms with Gasteiger partial charge in [-0.15, -0.1) is 11.3 Å². The Morgan fingerprint density at radius 2 is 1.78 bits per heavy atom. The standard InChI is InChI=1S/C27H30N2O2S/c1-5-28(22-14-9-6-11-19(22)4)27(31)24-20-12-7-8-13-21(20)26(30)29(17-18(2)3)25(24)23-15-10-16-32-23/h6-16,18,24-25H,5,17H2,1-4H3. The number of amides is 2. The van der Waals surface area contributed by atoms with E-state index in [2.05, 4.69) is 13.8 Å². The highest BCUT2D eigenvalue weighted by atomic mass is 32.1. The van der Waals surface area contributed by atoms with Crippen molar-refractivity contribution in [1.82, 2.24) is 4.90 Å². The molecule has 2 heterocycles. The molecule has 0 bridgehead atoms. The van der Waals surface area contributed by atoms with Crippen LogP contribution in [-0.2, 0) is 4.79 Å². The van der Waals surface area contributed by atoms with Gasteiger partial charge < -0.3 is 9.80 Å². The number of carbonyl (C=O) groups excluding carboxylic acids is 2. The first-order valence-corrected chi connectivity index (χ1v) is 12.1. The Kier molecular flexibility index (Phi) is 6.47. The second-order valence-electron chi connectivity index (χ2n) is 8.75. The number of rotatable bonds is 6. The Bertz CT molecular complexity index is 1110. The Hall–Kier alpha value is -2.92. The summed E-state index contributed by atoms with van der Waals surface area (Å²) in [4.78, 5) is 32.7. The third-order valence-corrected chi connectivity index (χ3v) is 7.03. The first-order valence-electron chi connectivity index (χ1n) is 11.2. The van der Waals surface area contributed by atoms with Gasteiger partial charge in [-0.05, 0) is 54.5 Å². The summed E-state index contributed by atoms with van der Waals surface area (Å²) in [5, 5.41) is 2.02. The first-order chi connectivity index (χ1) is 15.4. The molecule has 0 aliphatic carbocycles. The molecular formula is C27H30N2O2S. The third-order valence-electron chi connectivity index (χ3n) is 6.09. The van der Waals surface area contributed by atoms with Crippen molar-refractivity contribution >= 4 is 28.8 Å². The van der Waals surface area contributed by atoms with Crippen LogP contribution in [-0.4, -0.2) is 29.8 Å². The molecule has 2 amide bonds. The van der Waals surface area contributed by atoms with Crippen LogP contribution >= 0.6 is 11.3 Å². The van der Waals surface area contributed by atoms with Crippen LogP contribution in [0.5, 0.6) is 0 Å². The molecule has 166 valence electrons. The van der Waals surface area contributed by atoms with E-state index in [0.717, 1.165) is 21.7 Å². The lowest BCUT2D eigenvalue weighted by Crippen LogP contribution is -2.49. The third kappa shape index (κ3) is 3.97. The molecule has 0 fully saturated rings. The average Bonchev–Trinajstić information content (AvgIpc) is 3.31. The lowest BCUT2D eigenvalue weighted by molar-refractivity contribution is -0.121. The minimum absolute atomic E-state index is 0.00990. The molecule has 4 nitrogen and oxygen atoms in total. The highest BCUT2D eigenvalue weighted by Gasteiger charge is 2.46. The number of thiophene rings is 1. The van der Waals surface area contributed by atoms with Gasteiger partial charge in [-0.2, -0.15) is 0 Å². The maximum atomic E-state index is 14.3. The van der Waals surface area contributed by atoms with Gasteiger partial charge in [0.25, 0.3) is 5.91 Å². The average molecular weight is 447 g/mol. The van der Waals surface area contributed by atoms with E-state index in [1.807, 2.05) is 89.7 Å². The summed E-state index contributed by atoms with van der Waals surface area (Å²) in [6.07, 6.45) is 0. The molecule has 1 aromatic heterocycles. The molecule has 32 heavy (non-hydrogen) atoms. The highest BCUT2D eigenvalue weighted by Crippen LogP contribution is 2.45. The van der Waals surface area contributed by atoms with Gasteiger partial charge in [0.15, 0.2) is 0 Å². The van der Waals surface area contributed by atoms with Crippen molar-refractivity contribution < 1.29 is 9.59 Å². The normalized spacial score (nSPS) is 18.0. The second kappa shape index (κ2) is 9.29. The van der Waals surface area contributed by atoms with E-state index in [1.165, 1.54) is 0 Å². The number of likely N-dealkylation sites (N-methyl/N-ethyl adjacent to an activating group) is 1. The number of benzene rings is 2. The number of para-hydroxylation sites is 1. The van der Waals surface area contributed by atoms with Gasteiger partial charge in [0.1, 0.15) is 0 Å². The summed E-state index contributed by atoms with van der Waals surface area (Å²) in [5.74, 6) is -0.119. The SMILES string of the molecule is CCN(C(=O)C1c2ccccc2C(=O)N(CC(C)C)C1c1cccs1)c1ccccc1C. The van der Waals surface area contributed by atoms with E-state index in [0.29, 0.717) is 24.6 Å². The van der Waals surface area contributed by atoms with Gasteiger partial charge >= 0.3 is 0 Å². The van der Waals surface area contributed by atoms with Crippen molar-refractivity contribution in [3.8, 4) is 0 Å². The number of anilines is 1. The smallest absolute Gasteiger partial charge is 0.254 e. The van der Waals surface area contributed by atoms with Crippen molar-refractivity contribution in [3.05, 3.63) is 87.6 Å². The largest absolute Gasteiger partial charge is 0.329 e. The molecule has 0 radical (unpaired) electrons. The molecule has 4 rings (SSSR count). The van der Waals surface area contributed by atoms with Crippen LogP contribution < -0.4 is 4.90 Å². The van der Waals surface area contributed by atoms with Gasteiger partial charge in [-0.1, -0.05) is 56.3 Å². The van der Waals surface area contributed by atoms with E-state index in [-0.39, 0.29) is 17.9 Å². The maximum Gasteiger partial charge on any atom is 0.254 e. The summed E-state index contributed by atoms with van der Waals surface area (Å²) in [7, 11) is 0. The highest BCUT2D eigenvalue weighted by molar-refractivity contribution is 7.10. The van der Waals surface area contributed by atoms with Crippen molar-refractivity contribution in [1.29, 1.82) is 0 Å². The Morgan fingerprint density at radius 1 is 1.06 bits per heavy atom. The summed E-state index contributed by atoms with van der Waals surface area (Å²) in [5.41, 5.74) is 3.46. The van der Waals surface area contributed by atoms with Crippen molar-refractivity contribution in [2.75, 3.05) is 18.0 Å². The molecule has 2 atom stereocenters. The number of hydrogen-bond acceptors (Lipinski definition) is 3. The molecule has 0 N–H and O–H groups in total. The van der Waals surface area contributed by atoms with Crippen LogP contribution in [0.2, 0.25) is 0 Å². The van der Waals surface area contributed by atoms with Crippen molar-refractivity contribution in [3.63, 3.8) is 0 Å². The van der Waals surface area contributed by atoms with Crippen LogP contribution in [0.15, 0.2) is 66.0 Å². The molecule has 3 aromatic rings. The number of aryl methyl sites for hydroxylation is 1. The Labute approximate surface area is 194 Å². The van der Waals surface area contributed by atoms with Gasteiger partial charge in [0.2, 0.25) is 5.91 Å². The molecule has 0 saturated heterocycles. The Balaban J connectivity index is 1.89. The minimum atomic E-state index is -0.458. The van der Waals surface area contributed by atoms with Crippen LogP contribution in [0.25, 0.3) is 0 Å². The molecule has 0 saturated carbocycles. The molecule has 2 unspecified atom stereocenters. The maximum absolute atomic E-state index is 14.3. The lowest BCUT2D eigenvalue weighted by Gasteiger charge is -2.43. The lowest BCUT2D eigenvalue weighted by atomic mass is 9.80. The van der Waals surface area contributed by atoms with Crippen LogP contribution in [0.4, 0.5) is 5.69 Å². The van der Waals surface area contributed by atoms with Gasteiger partial charge in [0.05, 0.1) is 12.0 Å². The van der Waals surface area contributed by atoms with Gasteiger partial charge in [-0.25, -0.2) is 0 Å². The number of nitrogens with zero attached hydrogens (tertiary/aromatic N) is 2. The fraction of sp³-hybridized carbons (Fsp3) is 0.333. The minimum Gasteiger partial charge on any atom is -0.329 e.